The average Bonchev–Trinajstić information content (AvgIpc) is 2.24. The van der Waals surface area contributed by atoms with Crippen LogP contribution >= 0.6 is 0 Å². The summed E-state index contributed by atoms with van der Waals surface area (Å²) in [6.07, 6.45) is -4.28. The van der Waals surface area contributed by atoms with Crippen molar-refractivity contribution in [3.05, 3.63) is 29.8 Å². The molecule has 0 aliphatic carbocycles. The highest BCUT2D eigenvalue weighted by Crippen LogP contribution is 2.17. The molecule has 0 bridgehead atoms. The number of amides is 1. The highest BCUT2D eigenvalue weighted by Gasteiger charge is 2.27. The number of rotatable bonds is 4. The van der Waals surface area contributed by atoms with Crippen LogP contribution < -0.4 is 5.32 Å². The maximum Gasteiger partial charge on any atom is 0.405 e. The number of alkyl halides is 3. The van der Waals surface area contributed by atoms with Crippen LogP contribution in [0.1, 0.15) is 12.0 Å². The van der Waals surface area contributed by atoms with Crippen LogP contribution in [0.3, 0.4) is 0 Å². The predicted molar refractivity (Wildman–Crippen MR) is 55.5 cm³/mol. The van der Waals surface area contributed by atoms with E-state index in [0.29, 0.717) is 5.56 Å². The van der Waals surface area contributed by atoms with E-state index < -0.39 is 18.6 Å². The van der Waals surface area contributed by atoms with E-state index in [1.807, 2.05) is 0 Å². The second-order valence-electron chi connectivity index (χ2n) is 3.52. The van der Waals surface area contributed by atoms with Crippen LogP contribution in [0.5, 0.6) is 5.75 Å². The lowest BCUT2D eigenvalue weighted by atomic mass is 10.1. The Morgan fingerprint density at radius 2 is 1.94 bits per heavy atom. The topological polar surface area (TPSA) is 49.3 Å². The maximum absolute atomic E-state index is 11.8. The van der Waals surface area contributed by atoms with E-state index in [-0.39, 0.29) is 18.6 Å². The van der Waals surface area contributed by atoms with Gasteiger partial charge in [-0.15, -0.1) is 0 Å². The Labute approximate surface area is 96.3 Å². The molecule has 0 spiro atoms. The zero-order chi connectivity index (χ0) is 12.9. The fourth-order valence-corrected chi connectivity index (χ4v) is 1.26. The van der Waals surface area contributed by atoms with Crippen molar-refractivity contribution in [3.8, 4) is 5.75 Å². The van der Waals surface area contributed by atoms with Gasteiger partial charge in [0.25, 0.3) is 0 Å². The minimum atomic E-state index is -4.40. The minimum absolute atomic E-state index is 0.0381. The molecule has 0 saturated heterocycles. The number of phenolic OH excluding ortho intramolecular Hbond substituents is 1. The summed E-state index contributed by atoms with van der Waals surface area (Å²) in [6.45, 7) is -1.33. The Kier molecular flexibility index (Phi) is 4.37. The summed E-state index contributed by atoms with van der Waals surface area (Å²) in [5, 5.41) is 11.1. The molecule has 2 N–H and O–H groups in total. The molecule has 0 aliphatic heterocycles. The molecule has 0 fully saturated rings. The van der Waals surface area contributed by atoms with E-state index in [9.17, 15) is 23.1 Å². The van der Waals surface area contributed by atoms with Crippen molar-refractivity contribution in [1.82, 2.24) is 5.32 Å². The van der Waals surface area contributed by atoms with E-state index in [0.717, 1.165) is 0 Å². The van der Waals surface area contributed by atoms with Crippen LogP contribution in [0, 0.1) is 0 Å². The van der Waals surface area contributed by atoms with Crippen LogP contribution in [0.25, 0.3) is 0 Å². The number of para-hydroxylation sites is 1. The van der Waals surface area contributed by atoms with Gasteiger partial charge in [-0.1, -0.05) is 18.2 Å². The van der Waals surface area contributed by atoms with E-state index in [1.165, 1.54) is 6.07 Å². The van der Waals surface area contributed by atoms with Gasteiger partial charge in [0, 0.05) is 6.42 Å². The summed E-state index contributed by atoms with van der Waals surface area (Å²) in [5.41, 5.74) is 0.537. The smallest absolute Gasteiger partial charge is 0.405 e. The average molecular weight is 247 g/mol. The Balaban J connectivity index is 2.36. The number of hydrogen-bond acceptors (Lipinski definition) is 2. The summed E-state index contributed by atoms with van der Waals surface area (Å²) < 4.78 is 35.4. The number of carbonyl (C=O) groups excluding carboxylic acids is 1. The maximum atomic E-state index is 11.8. The van der Waals surface area contributed by atoms with E-state index in [4.69, 9.17) is 0 Å². The number of halogens is 3. The fourth-order valence-electron chi connectivity index (χ4n) is 1.26. The van der Waals surface area contributed by atoms with E-state index in [2.05, 4.69) is 0 Å². The van der Waals surface area contributed by atoms with Gasteiger partial charge in [0.15, 0.2) is 0 Å². The number of phenols is 1. The number of nitrogens with one attached hydrogen (secondary N) is 1. The molecule has 1 rings (SSSR count). The molecular weight excluding hydrogens is 235 g/mol. The summed E-state index contributed by atoms with van der Waals surface area (Å²) >= 11 is 0. The van der Waals surface area contributed by atoms with Crippen molar-refractivity contribution in [2.45, 2.75) is 19.0 Å². The van der Waals surface area contributed by atoms with Gasteiger partial charge < -0.3 is 10.4 Å². The third kappa shape index (κ3) is 5.24. The van der Waals surface area contributed by atoms with Crippen molar-refractivity contribution in [2.75, 3.05) is 6.54 Å². The third-order valence-electron chi connectivity index (χ3n) is 2.10. The van der Waals surface area contributed by atoms with Crippen LogP contribution in [0.15, 0.2) is 24.3 Å². The number of aromatic hydroxyl groups is 1. The van der Waals surface area contributed by atoms with Crippen LogP contribution in [-0.4, -0.2) is 23.7 Å². The first-order valence-corrected chi connectivity index (χ1v) is 4.99. The Morgan fingerprint density at radius 1 is 1.29 bits per heavy atom. The Bertz CT molecular complexity index is 391. The summed E-state index contributed by atoms with van der Waals surface area (Å²) in [5.74, 6) is -0.651. The van der Waals surface area contributed by atoms with Gasteiger partial charge in [0.2, 0.25) is 5.91 Å². The molecular formula is C11H12F3NO2. The van der Waals surface area contributed by atoms with Gasteiger partial charge in [-0.05, 0) is 18.1 Å². The highest BCUT2D eigenvalue weighted by atomic mass is 19.4. The van der Waals surface area contributed by atoms with Gasteiger partial charge in [-0.2, -0.15) is 13.2 Å². The molecule has 17 heavy (non-hydrogen) atoms. The number of hydrogen-bond donors (Lipinski definition) is 2. The zero-order valence-corrected chi connectivity index (χ0v) is 8.92. The van der Waals surface area contributed by atoms with Crippen molar-refractivity contribution >= 4 is 5.91 Å². The van der Waals surface area contributed by atoms with Gasteiger partial charge in [0.05, 0.1) is 0 Å². The summed E-state index contributed by atoms with van der Waals surface area (Å²) in [7, 11) is 0. The Hall–Kier alpha value is -1.72. The minimum Gasteiger partial charge on any atom is -0.508 e. The van der Waals surface area contributed by atoms with Gasteiger partial charge in [0.1, 0.15) is 12.3 Å². The lowest BCUT2D eigenvalue weighted by Gasteiger charge is -2.08. The first-order valence-electron chi connectivity index (χ1n) is 4.99. The lowest BCUT2D eigenvalue weighted by molar-refractivity contribution is -0.138. The number of aryl methyl sites for hydroxylation is 1. The van der Waals surface area contributed by atoms with Crippen LogP contribution in [0.2, 0.25) is 0 Å². The summed E-state index contributed by atoms with van der Waals surface area (Å²) in [4.78, 5) is 11.1. The van der Waals surface area contributed by atoms with Gasteiger partial charge in [-0.25, -0.2) is 0 Å². The van der Waals surface area contributed by atoms with E-state index >= 15 is 0 Å². The van der Waals surface area contributed by atoms with Crippen LogP contribution in [-0.2, 0) is 11.2 Å². The SMILES string of the molecule is O=C(CCc1ccccc1O)NCC(F)(F)F. The normalized spacial score (nSPS) is 11.2. The number of benzene rings is 1. The quantitative estimate of drug-likeness (QED) is 0.855. The van der Waals surface area contributed by atoms with E-state index in [1.54, 1.807) is 23.5 Å². The summed E-state index contributed by atoms with van der Waals surface area (Å²) in [6, 6.07) is 6.39. The third-order valence-corrected chi connectivity index (χ3v) is 2.10. The molecule has 0 unspecified atom stereocenters. The van der Waals surface area contributed by atoms with Crippen molar-refractivity contribution in [1.29, 1.82) is 0 Å². The predicted octanol–water partition coefficient (Wildman–Crippen LogP) is 2.00. The fraction of sp³-hybridized carbons (Fsp3) is 0.364. The monoisotopic (exact) mass is 247 g/mol. The molecule has 1 aromatic rings. The lowest BCUT2D eigenvalue weighted by Crippen LogP contribution is -2.33. The second kappa shape index (κ2) is 5.56. The van der Waals surface area contributed by atoms with Crippen molar-refractivity contribution in [3.63, 3.8) is 0 Å². The molecule has 0 atom stereocenters. The molecule has 3 nitrogen and oxygen atoms in total. The van der Waals surface area contributed by atoms with Gasteiger partial charge in [-0.3, -0.25) is 4.79 Å². The molecule has 1 aromatic carbocycles. The molecule has 0 aromatic heterocycles. The molecule has 0 aliphatic rings. The molecule has 0 heterocycles. The zero-order valence-electron chi connectivity index (χ0n) is 8.92. The first-order chi connectivity index (χ1) is 7.88. The molecule has 6 heteroatoms. The van der Waals surface area contributed by atoms with Crippen molar-refractivity contribution < 1.29 is 23.1 Å². The molecule has 1 amide bonds. The molecule has 94 valence electrons. The first kappa shape index (κ1) is 13.3. The largest absolute Gasteiger partial charge is 0.508 e. The number of carbonyl (C=O) groups is 1. The van der Waals surface area contributed by atoms with Crippen molar-refractivity contribution in [2.24, 2.45) is 0 Å². The molecule has 0 radical (unpaired) electrons. The molecule has 0 saturated carbocycles. The highest BCUT2D eigenvalue weighted by molar-refractivity contribution is 5.76. The second-order valence-corrected chi connectivity index (χ2v) is 3.52. The van der Waals surface area contributed by atoms with Gasteiger partial charge >= 0.3 is 6.18 Å². The standard InChI is InChI=1S/C11H12F3NO2/c12-11(13,14)7-15-10(17)6-5-8-3-1-2-4-9(8)16/h1-4,16H,5-7H2,(H,15,17). The Morgan fingerprint density at radius 3 is 2.53 bits per heavy atom. The van der Waals surface area contributed by atoms with Crippen LogP contribution in [0.4, 0.5) is 13.2 Å².